The molecule has 2 aliphatic rings. The Bertz CT molecular complexity index is 1120. The van der Waals surface area contributed by atoms with Crippen LogP contribution >= 0.6 is 11.6 Å². The fraction of sp³-hybridized carbons (Fsp3) is 0.308. The van der Waals surface area contributed by atoms with Crippen LogP contribution in [-0.4, -0.2) is 25.0 Å². The van der Waals surface area contributed by atoms with E-state index in [1.54, 1.807) is 24.0 Å². The van der Waals surface area contributed by atoms with Gasteiger partial charge in [-0.3, -0.25) is 9.69 Å². The number of carbonyl (C=O) groups excluding carboxylic acids is 2. The molecule has 0 spiro atoms. The van der Waals surface area contributed by atoms with Crippen molar-refractivity contribution in [2.45, 2.75) is 39.0 Å². The number of esters is 1. The van der Waals surface area contributed by atoms with Gasteiger partial charge in [0, 0.05) is 28.4 Å². The van der Waals surface area contributed by atoms with E-state index in [1.165, 1.54) is 0 Å². The number of rotatable bonds is 6. The van der Waals surface area contributed by atoms with Gasteiger partial charge >= 0.3 is 5.97 Å². The summed E-state index contributed by atoms with van der Waals surface area (Å²) < 4.78 is 11.0. The van der Waals surface area contributed by atoms with Crippen molar-refractivity contribution in [3.63, 3.8) is 0 Å². The Labute approximate surface area is 198 Å². The van der Waals surface area contributed by atoms with Gasteiger partial charge in [-0.15, -0.1) is 0 Å². The van der Waals surface area contributed by atoms with E-state index in [0.29, 0.717) is 30.0 Å². The standard InChI is InChI=1S/C26H27ClN2O4/c1-3-32-19-14-8-16(9-15-19)22-23-20(6-5-7-21(23)30)29(18-12-10-17(27)11-13-18)25(28)24(22)26(31)33-4-2/h8-15,22H,3-7,28H2,1-2H3. The lowest BCUT2D eigenvalue weighted by Crippen LogP contribution is -2.41. The van der Waals surface area contributed by atoms with Crippen LogP contribution in [0.3, 0.4) is 0 Å². The molecule has 33 heavy (non-hydrogen) atoms. The summed E-state index contributed by atoms with van der Waals surface area (Å²) in [6.45, 7) is 4.41. The second-order valence-corrected chi connectivity index (χ2v) is 8.34. The van der Waals surface area contributed by atoms with Crippen molar-refractivity contribution in [2.75, 3.05) is 18.1 Å². The van der Waals surface area contributed by atoms with Crippen molar-refractivity contribution >= 4 is 29.0 Å². The number of ether oxygens (including phenoxy) is 2. The van der Waals surface area contributed by atoms with Crippen LogP contribution in [0.5, 0.6) is 5.75 Å². The highest BCUT2D eigenvalue weighted by Crippen LogP contribution is 2.47. The van der Waals surface area contributed by atoms with Crippen molar-refractivity contribution in [1.29, 1.82) is 0 Å². The van der Waals surface area contributed by atoms with Crippen molar-refractivity contribution in [3.05, 3.63) is 81.8 Å². The molecule has 0 amide bonds. The SMILES string of the molecule is CCOC(=O)C1=C(N)N(c2ccc(Cl)cc2)C2=C(C(=O)CCC2)C1c1ccc(OCC)cc1. The van der Waals surface area contributed by atoms with Crippen LogP contribution < -0.4 is 15.4 Å². The first-order chi connectivity index (χ1) is 16.0. The summed E-state index contributed by atoms with van der Waals surface area (Å²) >= 11 is 6.09. The Balaban J connectivity index is 1.93. The summed E-state index contributed by atoms with van der Waals surface area (Å²) in [5, 5.41) is 0.588. The quantitative estimate of drug-likeness (QED) is 0.597. The second-order valence-electron chi connectivity index (χ2n) is 7.90. The lowest BCUT2D eigenvalue weighted by Gasteiger charge is -2.40. The Kier molecular flexibility index (Phi) is 6.75. The average molecular weight is 467 g/mol. The molecule has 0 bridgehead atoms. The summed E-state index contributed by atoms with van der Waals surface area (Å²) in [6.07, 6.45) is 1.82. The summed E-state index contributed by atoms with van der Waals surface area (Å²) in [5.74, 6) is -0.131. The number of nitrogens with two attached hydrogens (primary N) is 1. The summed E-state index contributed by atoms with van der Waals surface area (Å²) in [6, 6.07) is 14.6. The number of benzene rings is 2. The molecule has 7 heteroatoms. The van der Waals surface area contributed by atoms with E-state index < -0.39 is 11.9 Å². The fourth-order valence-electron chi connectivity index (χ4n) is 4.54. The Morgan fingerprint density at radius 1 is 1.06 bits per heavy atom. The maximum absolute atomic E-state index is 13.3. The van der Waals surface area contributed by atoms with Gasteiger partial charge in [-0.2, -0.15) is 0 Å². The average Bonchev–Trinajstić information content (AvgIpc) is 2.80. The number of hydrogen-bond acceptors (Lipinski definition) is 6. The molecular formula is C26H27ClN2O4. The van der Waals surface area contributed by atoms with Gasteiger partial charge < -0.3 is 15.2 Å². The van der Waals surface area contributed by atoms with Gasteiger partial charge in [0.25, 0.3) is 0 Å². The van der Waals surface area contributed by atoms with E-state index in [9.17, 15) is 9.59 Å². The largest absolute Gasteiger partial charge is 0.494 e. The number of halogens is 1. The highest BCUT2D eigenvalue weighted by Gasteiger charge is 2.43. The Morgan fingerprint density at radius 3 is 2.39 bits per heavy atom. The third kappa shape index (κ3) is 4.35. The lowest BCUT2D eigenvalue weighted by molar-refractivity contribution is -0.138. The number of ketones is 1. The molecule has 0 aromatic heterocycles. The molecular weight excluding hydrogens is 440 g/mol. The number of hydrogen-bond donors (Lipinski definition) is 1. The van der Waals surface area contributed by atoms with E-state index in [2.05, 4.69) is 0 Å². The van der Waals surface area contributed by atoms with Crippen molar-refractivity contribution in [1.82, 2.24) is 0 Å². The molecule has 1 unspecified atom stereocenters. The summed E-state index contributed by atoms with van der Waals surface area (Å²) in [4.78, 5) is 28.3. The van der Waals surface area contributed by atoms with Crippen molar-refractivity contribution < 1.29 is 19.1 Å². The molecule has 6 nitrogen and oxygen atoms in total. The van der Waals surface area contributed by atoms with Gasteiger partial charge in [0.05, 0.1) is 24.7 Å². The number of allylic oxidation sites excluding steroid dienone is 2. The van der Waals surface area contributed by atoms with E-state index in [0.717, 1.165) is 29.1 Å². The van der Waals surface area contributed by atoms with Crippen LogP contribution in [0.15, 0.2) is 71.2 Å². The Morgan fingerprint density at radius 2 is 1.76 bits per heavy atom. The Hall–Kier alpha value is -3.25. The molecule has 2 aromatic carbocycles. The van der Waals surface area contributed by atoms with Crippen LogP contribution in [0.1, 0.15) is 44.6 Å². The molecule has 0 radical (unpaired) electrons. The van der Waals surface area contributed by atoms with Crippen LogP contribution in [0.2, 0.25) is 5.02 Å². The monoisotopic (exact) mass is 466 g/mol. The smallest absolute Gasteiger partial charge is 0.338 e. The molecule has 1 heterocycles. The topological polar surface area (TPSA) is 81.9 Å². The van der Waals surface area contributed by atoms with Crippen LogP contribution in [0, 0.1) is 0 Å². The van der Waals surface area contributed by atoms with Gasteiger partial charge in [0.2, 0.25) is 0 Å². The minimum atomic E-state index is -0.605. The highest BCUT2D eigenvalue weighted by atomic mass is 35.5. The third-order valence-electron chi connectivity index (χ3n) is 5.90. The van der Waals surface area contributed by atoms with E-state index in [-0.39, 0.29) is 23.8 Å². The van der Waals surface area contributed by atoms with Gasteiger partial charge in [0.15, 0.2) is 5.78 Å². The molecule has 4 rings (SSSR count). The number of carbonyl (C=O) groups is 2. The molecule has 0 saturated heterocycles. The first-order valence-corrected chi connectivity index (χ1v) is 11.6. The van der Waals surface area contributed by atoms with E-state index >= 15 is 0 Å². The first-order valence-electron chi connectivity index (χ1n) is 11.2. The molecule has 1 aliphatic carbocycles. The third-order valence-corrected chi connectivity index (χ3v) is 6.15. The zero-order valence-electron chi connectivity index (χ0n) is 18.8. The first kappa shape index (κ1) is 22.9. The molecule has 1 atom stereocenters. The number of Topliss-reactive ketones (excluding diaryl/α,β-unsaturated/α-hetero) is 1. The predicted molar refractivity (Wildman–Crippen MR) is 128 cm³/mol. The fourth-order valence-corrected chi connectivity index (χ4v) is 4.66. The molecule has 1 aliphatic heterocycles. The molecule has 172 valence electrons. The van der Waals surface area contributed by atoms with E-state index in [4.69, 9.17) is 26.8 Å². The molecule has 0 fully saturated rings. The van der Waals surface area contributed by atoms with Gasteiger partial charge in [-0.25, -0.2) is 4.79 Å². The molecule has 0 saturated carbocycles. The van der Waals surface area contributed by atoms with Crippen LogP contribution in [0.4, 0.5) is 5.69 Å². The second kappa shape index (κ2) is 9.71. The van der Waals surface area contributed by atoms with Crippen LogP contribution in [0.25, 0.3) is 0 Å². The normalized spacial score (nSPS) is 18.3. The van der Waals surface area contributed by atoms with Gasteiger partial charge in [-0.05, 0) is 68.7 Å². The lowest BCUT2D eigenvalue weighted by atomic mass is 9.75. The van der Waals surface area contributed by atoms with Gasteiger partial charge in [0.1, 0.15) is 11.6 Å². The minimum absolute atomic E-state index is 0.0170. The van der Waals surface area contributed by atoms with E-state index in [1.807, 2.05) is 43.3 Å². The zero-order valence-corrected chi connectivity index (χ0v) is 19.5. The highest BCUT2D eigenvalue weighted by molar-refractivity contribution is 6.30. The predicted octanol–water partition coefficient (Wildman–Crippen LogP) is 5.08. The van der Waals surface area contributed by atoms with Crippen LogP contribution in [-0.2, 0) is 14.3 Å². The van der Waals surface area contributed by atoms with Gasteiger partial charge in [-0.1, -0.05) is 23.7 Å². The maximum Gasteiger partial charge on any atom is 0.338 e. The minimum Gasteiger partial charge on any atom is -0.494 e. The molecule has 2 aromatic rings. The number of anilines is 1. The summed E-state index contributed by atoms with van der Waals surface area (Å²) in [7, 11) is 0. The number of nitrogens with zero attached hydrogens (tertiary/aromatic N) is 1. The maximum atomic E-state index is 13.3. The summed E-state index contributed by atoms with van der Waals surface area (Å²) in [5.41, 5.74) is 9.90. The van der Waals surface area contributed by atoms with Crippen molar-refractivity contribution in [2.24, 2.45) is 5.73 Å². The van der Waals surface area contributed by atoms with Crippen molar-refractivity contribution in [3.8, 4) is 5.75 Å². The zero-order chi connectivity index (χ0) is 23.5. The molecule has 2 N–H and O–H groups in total.